The summed E-state index contributed by atoms with van der Waals surface area (Å²) >= 11 is 0. The molecule has 1 amide bonds. The predicted molar refractivity (Wildman–Crippen MR) is 98.1 cm³/mol. The number of ether oxygens (including phenoxy) is 1. The molecule has 0 saturated carbocycles. The zero-order valence-corrected chi connectivity index (χ0v) is 14.5. The molecule has 0 spiro atoms. The van der Waals surface area contributed by atoms with Crippen LogP contribution in [0.1, 0.15) is 29.8 Å². The number of carbonyl (C=O) groups excluding carboxylic acids is 1. The second-order valence-electron chi connectivity index (χ2n) is 5.54. The molecular formula is C19H23N3O2. The standard InChI is InChI=1S/C19H23N3O2/c1-5-24-18-12-8-15(9-13-18)14(2)20-21-19(23)16-6-10-17(11-7-16)22(3)4/h6-13H,5H2,1-4H3,(H,21,23). The van der Waals surface area contributed by atoms with E-state index in [0.717, 1.165) is 22.7 Å². The lowest BCUT2D eigenvalue weighted by Crippen LogP contribution is -2.19. The van der Waals surface area contributed by atoms with E-state index in [1.807, 2.05) is 69.2 Å². The zero-order chi connectivity index (χ0) is 17.5. The fourth-order valence-electron chi connectivity index (χ4n) is 2.13. The van der Waals surface area contributed by atoms with Crippen LogP contribution in [-0.2, 0) is 0 Å². The highest BCUT2D eigenvalue weighted by Crippen LogP contribution is 2.13. The van der Waals surface area contributed by atoms with Gasteiger partial charge in [0.2, 0.25) is 0 Å². The molecule has 126 valence electrons. The Morgan fingerprint density at radius 3 is 2.17 bits per heavy atom. The van der Waals surface area contributed by atoms with Gasteiger partial charge >= 0.3 is 0 Å². The highest BCUT2D eigenvalue weighted by molar-refractivity contribution is 6.01. The Morgan fingerprint density at radius 1 is 1.04 bits per heavy atom. The first-order valence-electron chi connectivity index (χ1n) is 7.86. The maximum Gasteiger partial charge on any atom is 0.271 e. The van der Waals surface area contributed by atoms with Gasteiger partial charge in [0.1, 0.15) is 5.75 Å². The molecule has 0 unspecified atom stereocenters. The maximum atomic E-state index is 12.1. The summed E-state index contributed by atoms with van der Waals surface area (Å²) in [7, 11) is 3.92. The molecule has 0 aliphatic rings. The summed E-state index contributed by atoms with van der Waals surface area (Å²) in [5, 5.41) is 4.17. The quantitative estimate of drug-likeness (QED) is 0.655. The molecule has 0 bridgehead atoms. The Kier molecular flexibility index (Phi) is 5.95. The monoisotopic (exact) mass is 325 g/mol. The molecule has 0 aromatic heterocycles. The number of rotatable bonds is 6. The number of hydrogen-bond acceptors (Lipinski definition) is 4. The van der Waals surface area contributed by atoms with E-state index in [-0.39, 0.29) is 5.91 Å². The molecule has 0 aliphatic heterocycles. The van der Waals surface area contributed by atoms with Crippen LogP contribution in [0.2, 0.25) is 0 Å². The number of carbonyl (C=O) groups is 1. The lowest BCUT2D eigenvalue weighted by Gasteiger charge is -2.12. The van der Waals surface area contributed by atoms with E-state index in [0.29, 0.717) is 12.2 Å². The van der Waals surface area contributed by atoms with Crippen LogP contribution in [0.4, 0.5) is 5.69 Å². The highest BCUT2D eigenvalue weighted by atomic mass is 16.5. The van der Waals surface area contributed by atoms with Gasteiger partial charge in [0, 0.05) is 25.3 Å². The molecule has 2 aromatic carbocycles. The number of benzene rings is 2. The van der Waals surface area contributed by atoms with Crippen molar-refractivity contribution in [1.29, 1.82) is 0 Å². The average Bonchev–Trinajstić information content (AvgIpc) is 2.60. The minimum Gasteiger partial charge on any atom is -0.494 e. The third-order valence-corrected chi connectivity index (χ3v) is 3.55. The summed E-state index contributed by atoms with van der Waals surface area (Å²) in [6.07, 6.45) is 0. The summed E-state index contributed by atoms with van der Waals surface area (Å²) in [6.45, 7) is 4.43. The van der Waals surface area contributed by atoms with E-state index >= 15 is 0 Å². The summed E-state index contributed by atoms with van der Waals surface area (Å²) < 4.78 is 5.41. The van der Waals surface area contributed by atoms with Crippen LogP contribution >= 0.6 is 0 Å². The van der Waals surface area contributed by atoms with E-state index < -0.39 is 0 Å². The number of hydrazone groups is 1. The van der Waals surface area contributed by atoms with Crippen molar-refractivity contribution in [3.05, 3.63) is 59.7 Å². The maximum absolute atomic E-state index is 12.1. The number of anilines is 1. The van der Waals surface area contributed by atoms with E-state index in [2.05, 4.69) is 10.5 Å². The Balaban J connectivity index is 2.01. The molecule has 2 aromatic rings. The van der Waals surface area contributed by atoms with Gasteiger partial charge in [-0.15, -0.1) is 0 Å². The first-order valence-corrected chi connectivity index (χ1v) is 7.86. The molecule has 0 heterocycles. The molecular weight excluding hydrogens is 302 g/mol. The largest absolute Gasteiger partial charge is 0.494 e. The number of nitrogens with one attached hydrogen (secondary N) is 1. The van der Waals surface area contributed by atoms with Gasteiger partial charge in [-0.1, -0.05) is 0 Å². The molecule has 2 rings (SSSR count). The number of nitrogens with zero attached hydrogens (tertiary/aromatic N) is 2. The molecule has 1 N–H and O–H groups in total. The van der Waals surface area contributed by atoms with Crippen molar-refractivity contribution in [3.63, 3.8) is 0 Å². The third kappa shape index (κ3) is 4.59. The second-order valence-corrected chi connectivity index (χ2v) is 5.54. The first-order chi connectivity index (χ1) is 11.5. The predicted octanol–water partition coefficient (Wildman–Crippen LogP) is 3.31. The van der Waals surface area contributed by atoms with Crippen molar-refractivity contribution in [3.8, 4) is 5.75 Å². The smallest absolute Gasteiger partial charge is 0.271 e. The van der Waals surface area contributed by atoms with Crippen molar-refractivity contribution in [1.82, 2.24) is 5.43 Å². The first kappa shape index (κ1) is 17.5. The Labute approximate surface area is 142 Å². The van der Waals surface area contributed by atoms with Gasteiger partial charge in [-0.3, -0.25) is 4.79 Å². The fourth-order valence-corrected chi connectivity index (χ4v) is 2.13. The second kappa shape index (κ2) is 8.15. The fraction of sp³-hybridized carbons (Fsp3) is 0.263. The van der Waals surface area contributed by atoms with Crippen LogP contribution in [0.3, 0.4) is 0 Å². The van der Waals surface area contributed by atoms with Crippen molar-refractivity contribution in [2.45, 2.75) is 13.8 Å². The van der Waals surface area contributed by atoms with Crippen LogP contribution in [-0.4, -0.2) is 32.3 Å². The van der Waals surface area contributed by atoms with Gasteiger partial charge in [0.15, 0.2) is 0 Å². The molecule has 24 heavy (non-hydrogen) atoms. The SMILES string of the molecule is CCOc1ccc(C(C)=NNC(=O)c2ccc(N(C)C)cc2)cc1. The van der Waals surface area contributed by atoms with E-state index in [9.17, 15) is 4.79 Å². The Hall–Kier alpha value is -2.82. The van der Waals surface area contributed by atoms with E-state index in [1.54, 1.807) is 12.1 Å². The summed E-state index contributed by atoms with van der Waals surface area (Å²) in [4.78, 5) is 14.1. The van der Waals surface area contributed by atoms with Gasteiger partial charge in [-0.25, -0.2) is 5.43 Å². The van der Waals surface area contributed by atoms with E-state index in [4.69, 9.17) is 4.74 Å². The normalized spacial score (nSPS) is 11.1. The minimum absolute atomic E-state index is 0.231. The Morgan fingerprint density at radius 2 is 1.62 bits per heavy atom. The van der Waals surface area contributed by atoms with Gasteiger partial charge < -0.3 is 9.64 Å². The molecule has 5 nitrogen and oxygen atoms in total. The summed E-state index contributed by atoms with van der Waals surface area (Å²) in [5.74, 6) is 0.588. The van der Waals surface area contributed by atoms with Gasteiger partial charge in [-0.2, -0.15) is 5.10 Å². The molecule has 5 heteroatoms. The third-order valence-electron chi connectivity index (χ3n) is 3.55. The molecule has 0 fully saturated rings. The van der Waals surface area contributed by atoms with Gasteiger partial charge in [0.25, 0.3) is 5.91 Å². The molecule has 0 aliphatic carbocycles. The number of amides is 1. The van der Waals surface area contributed by atoms with Crippen molar-refractivity contribution < 1.29 is 9.53 Å². The zero-order valence-electron chi connectivity index (χ0n) is 14.5. The molecule has 0 saturated heterocycles. The summed E-state index contributed by atoms with van der Waals surface area (Å²) in [5.41, 5.74) is 5.87. The van der Waals surface area contributed by atoms with Crippen LogP contribution in [0.25, 0.3) is 0 Å². The van der Waals surface area contributed by atoms with Crippen molar-refractivity contribution in [2.24, 2.45) is 5.10 Å². The van der Waals surface area contributed by atoms with Gasteiger partial charge in [0.05, 0.1) is 12.3 Å². The van der Waals surface area contributed by atoms with Crippen LogP contribution in [0, 0.1) is 0 Å². The molecule has 0 radical (unpaired) electrons. The van der Waals surface area contributed by atoms with E-state index in [1.165, 1.54) is 0 Å². The number of hydrogen-bond donors (Lipinski definition) is 1. The minimum atomic E-state index is -0.231. The van der Waals surface area contributed by atoms with Crippen LogP contribution in [0.15, 0.2) is 53.6 Å². The average molecular weight is 325 g/mol. The van der Waals surface area contributed by atoms with Crippen LogP contribution in [0.5, 0.6) is 5.75 Å². The Bertz CT molecular complexity index is 704. The van der Waals surface area contributed by atoms with Crippen LogP contribution < -0.4 is 15.1 Å². The lowest BCUT2D eigenvalue weighted by atomic mass is 10.1. The molecule has 0 atom stereocenters. The van der Waals surface area contributed by atoms with Crippen molar-refractivity contribution >= 4 is 17.3 Å². The lowest BCUT2D eigenvalue weighted by molar-refractivity contribution is 0.0955. The summed E-state index contributed by atoms with van der Waals surface area (Å²) in [6, 6.07) is 15.0. The van der Waals surface area contributed by atoms with Gasteiger partial charge in [-0.05, 0) is 67.9 Å². The van der Waals surface area contributed by atoms with Crippen molar-refractivity contribution in [2.75, 3.05) is 25.6 Å². The topological polar surface area (TPSA) is 53.9 Å². The highest BCUT2D eigenvalue weighted by Gasteiger charge is 2.06.